The maximum Gasteiger partial charge on any atom is 0.233 e. The van der Waals surface area contributed by atoms with Gasteiger partial charge in [-0.3, -0.25) is 0 Å². The molecule has 0 saturated heterocycles. The Morgan fingerprint density at radius 3 is 2.71 bits per heavy atom. The molecule has 0 radical (unpaired) electrons. The van der Waals surface area contributed by atoms with Crippen molar-refractivity contribution in [3.8, 4) is 0 Å². The Morgan fingerprint density at radius 2 is 1.92 bits per heavy atom. The number of nitrogens with one attached hydrogen (secondary N) is 2. The number of aromatic nitrogens is 1. The minimum Gasteiger partial charge on any atom is -0.361 e. The van der Waals surface area contributed by atoms with Crippen LogP contribution >= 0.6 is 0 Å². The second-order valence-electron chi connectivity index (χ2n) is 5.41. The van der Waals surface area contributed by atoms with E-state index in [2.05, 4.69) is 9.71 Å². The highest BCUT2D eigenvalue weighted by molar-refractivity contribution is 7.92. The lowest BCUT2D eigenvalue weighted by Gasteiger charge is -2.03. The van der Waals surface area contributed by atoms with E-state index in [0.29, 0.717) is 6.42 Å². The fraction of sp³-hybridized carbons (Fsp3) is 0.111. The Kier molecular flexibility index (Phi) is 4.78. The van der Waals surface area contributed by atoms with Gasteiger partial charge in [0.25, 0.3) is 0 Å². The number of fused-ring (bicyclic) bond motifs is 1. The second-order valence-corrected chi connectivity index (χ2v) is 7.06. The molecule has 0 aliphatic heterocycles. The predicted octanol–water partition coefficient (Wildman–Crippen LogP) is 3.44. The van der Waals surface area contributed by atoms with Crippen LogP contribution in [-0.2, 0) is 16.4 Å². The summed E-state index contributed by atoms with van der Waals surface area (Å²) in [6, 6.07) is 13.7. The molecule has 3 rings (SSSR count). The first kappa shape index (κ1) is 16.4. The smallest absolute Gasteiger partial charge is 0.233 e. The van der Waals surface area contributed by atoms with Gasteiger partial charge in [-0.15, -0.1) is 0 Å². The van der Waals surface area contributed by atoms with Crippen molar-refractivity contribution in [2.24, 2.45) is 0 Å². The van der Waals surface area contributed by atoms with Gasteiger partial charge in [-0.2, -0.15) is 0 Å². The lowest BCUT2D eigenvalue weighted by molar-refractivity contribution is 0.591. The number of hydrogen-bond donors (Lipinski definition) is 2. The fourth-order valence-electron chi connectivity index (χ4n) is 2.47. The first-order valence-corrected chi connectivity index (χ1v) is 9.06. The minimum atomic E-state index is -3.51. The van der Waals surface area contributed by atoms with Gasteiger partial charge in [0, 0.05) is 29.1 Å². The van der Waals surface area contributed by atoms with Crippen LogP contribution < -0.4 is 4.72 Å². The normalized spacial score (nSPS) is 12.2. The van der Waals surface area contributed by atoms with Gasteiger partial charge in [0.1, 0.15) is 5.82 Å². The van der Waals surface area contributed by atoms with E-state index in [1.54, 1.807) is 18.3 Å². The van der Waals surface area contributed by atoms with Crippen LogP contribution in [0, 0.1) is 5.82 Å². The summed E-state index contributed by atoms with van der Waals surface area (Å²) in [7, 11) is -3.51. The van der Waals surface area contributed by atoms with Crippen LogP contribution in [-0.4, -0.2) is 19.9 Å². The van der Waals surface area contributed by atoms with E-state index < -0.39 is 10.0 Å². The molecule has 0 atom stereocenters. The molecule has 4 nitrogen and oxygen atoms in total. The van der Waals surface area contributed by atoms with Crippen LogP contribution in [0.4, 0.5) is 4.39 Å². The van der Waals surface area contributed by atoms with Crippen molar-refractivity contribution in [2.45, 2.75) is 6.42 Å². The molecule has 0 saturated carbocycles. The Balaban J connectivity index is 1.62. The quantitative estimate of drug-likeness (QED) is 0.719. The van der Waals surface area contributed by atoms with Gasteiger partial charge in [0.05, 0.1) is 0 Å². The Hall–Kier alpha value is -2.44. The molecule has 0 fully saturated rings. The molecule has 0 aliphatic carbocycles. The van der Waals surface area contributed by atoms with E-state index in [1.807, 2.05) is 30.3 Å². The van der Waals surface area contributed by atoms with Gasteiger partial charge in [-0.25, -0.2) is 17.5 Å². The highest BCUT2D eigenvalue weighted by atomic mass is 32.2. The van der Waals surface area contributed by atoms with Crippen molar-refractivity contribution in [3.63, 3.8) is 0 Å². The second kappa shape index (κ2) is 6.98. The largest absolute Gasteiger partial charge is 0.361 e. The summed E-state index contributed by atoms with van der Waals surface area (Å²) >= 11 is 0. The molecule has 1 heterocycles. The molecule has 6 heteroatoms. The molecular formula is C18H17FN2O2S. The molecule has 0 spiro atoms. The summed E-state index contributed by atoms with van der Waals surface area (Å²) < 4.78 is 39.8. The standard InChI is InChI=1S/C18H17FN2O2S/c19-16-6-7-18-17(12-16)15(13-20-18)8-10-21-24(22,23)11-9-14-4-2-1-3-5-14/h1-7,9,11-13,20-21H,8,10H2/b11-9+. The molecule has 0 unspecified atom stereocenters. The summed E-state index contributed by atoms with van der Waals surface area (Å²) in [5.41, 5.74) is 2.52. The number of hydrogen-bond acceptors (Lipinski definition) is 2. The van der Waals surface area contributed by atoms with E-state index in [9.17, 15) is 12.8 Å². The van der Waals surface area contributed by atoms with Crippen molar-refractivity contribution in [1.29, 1.82) is 0 Å². The summed E-state index contributed by atoms with van der Waals surface area (Å²) in [5.74, 6) is -0.310. The fourth-order valence-corrected chi connectivity index (χ4v) is 3.28. The Bertz CT molecular complexity index is 963. The predicted molar refractivity (Wildman–Crippen MR) is 94.4 cm³/mol. The van der Waals surface area contributed by atoms with Crippen LogP contribution in [0.25, 0.3) is 17.0 Å². The van der Waals surface area contributed by atoms with Crippen molar-refractivity contribution in [3.05, 3.63) is 77.1 Å². The van der Waals surface area contributed by atoms with Crippen molar-refractivity contribution >= 4 is 27.0 Å². The highest BCUT2D eigenvalue weighted by Gasteiger charge is 2.08. The molecule has 2 aromatic carbocycles. The molecule has 0 bridgehead atoms. The monoisotopic (exact) mass is 344 g/mol. The van der Waals surface area contributed by atoms with Crippen LogP contribution in [0.15, 0.2) is 60.1 Å². The van der Waals surface area contributed by atoms with Crippen LogP contribution in [0.1, 0.15) is 11.1 Å². The lowest BCUT2D eigenvalue weighted by atomic mass is 10.1. The topological polar surface area (TPSA) is 62.0 Å². The number of H-pyrrole nitrogens is 1. The molecule has 1 aromatic heterocycles. The Morgan fingerprint density at radius 1 is 1.12 bits per heavy atom. The SMILES string of the molecule is O=S(=O)(/C=C/c1ccccc1)NCCc1c[nH]c2ccc(F)cc12. The van der Waals surface area contributed by atoms with Crippen molar-refractivity contribution in [2.75, 3.05) is 6.54 Å². The molecule has 124 valence electrons. The molecule has 0 amide bonds. The first-order valence-electron chi connectivity index (χ1n) is 7.52. The van der Waals surface area contributed by atoms with Gasteiger partial charge in [0.2, 0.25) is 10.0 Å². The van der Waals surface area contributed by atoms with Crippen LogP contribution in [0.3, 0.4) is 0 Å². The molecular weight excluding hydrogens is 327 g/mol. The molecule has 24 heavy (non-hydrogen) atoms. The summed E-state index contributed by atoms with van der Waals surface area (Å²) in [6.45, 7) is 0.241. The molecule has 3 aromatic rings. The van der Waals surface area contributed by atoms with Crippen LogP contribution in [0.2, 0.25) is 0 Å². The molecule has 2 N–H and O–H groups in total. The van der Waals surface area contributed by atoms with E-state index in [4.69, 9.17) is 0 Å². The zero-order valence-corrected chi connectivity index (χ0v) is 13.7. The van der Waals surface area contributed by atoms with Gasteiger partial charge >= 0.3 is 0 Å². The zero-order chi connectivity index (χ0) is 17.0. The third kappa shape index (κ3) is 4.10. The van der Waals surface area contributed by atoms with Gasteiger partial charge in [-0.1, -0.05) is 30.3 Å². The van der Waals surface area contributed by atoms with Crippen LogP contribution in [0.5, 0.6) is 0 Å². The lowest BCUT2D eigenvalue weighted by Crippen LogP contribution is -2.23. The van der Waals surface area contributed by atoms with Crippen molar-refractivity contribution in [1.82, 2.24) is 9.71 Å². The first-order chi connectivity index (χ1) is 11.5. The minimum absolute atomic E-state index is 0.241. The molecule has 0 aliphatic rings. The number of halogens is 1. The van der Waals surface area contributed by atoms with E-state index in [0.717, 1.165) is 27.4 Å². The summed E-state index contributed by atoms with van der Waals surface area (Å²) in [6.07, 6.45) is 3.80. The van der Waals surface area contributed by atoms with E-state index in [1.165, 1.54) is 12.1 Å². The summed E-state index contributed by atoms with van der Waals surface area (Å²) in [4.78, 5) is 3.05. The average Bonchev–Trinajstić information content (AvgIpc) is 2.96. The highest BCUT2D eigenvalue weighted by Crippen LogP contribution is 2.19. The summed E-state index contributed by atoms with van der Waals surface area (Å²) in [5, 5.41) is 1.92. The van der Waals surface area contributed by atoms with E-state index >= 15 is 0 Å². The third-order valence-corrected chi connectivity index (χ3v) is 4.77. The number of benzene rings is 2. The average molecular weight is 344 g/mol. The van der Waals surface area contributed by atoms with Crippen molar-refractivity contribution < 1.29 is 12.8 Å². The van der Waals surface area contributed by atoms with E-state index in [-0.39, 0.29) is 12.4 Å². The Labute approximate surface area is 140 Å². The maximum absolute atomic E-state index is 13.3. The number of aromatic amines is 1. The third-order valence-electron chi connectivity index (χ3n) is 3.67. The van der Waals surface area contributed by atoms with Gasteiger partial charge < -0.3 is 4.98 Å². The maximum atomic E-state index is 13.3. The number of sulfonamides is 1. The van der Waals surface area contributed by atoms with Gasteiger partial charge in [-0.05, 0) is 41.8 Å². The number of rotatable bonds is 6. The van der Waals surface area contributed by atoms with Gasteiger partial charge in [0.15, 0.2) is 0 Å². The zero-order valence-electron chi connectivity index (χ0n) is 12.9.